The van der Waals surface area contributed by atoms with Gasteiger partial charge in [0.1, 0.15) is 0 Å². The molecule has 3 aliphatic carbocycles. The zero-order valence-electron chi connectivity index (χ0n) is 14.5. The number of hydrogen-bond acceptors (Lipinski definition) is 6. The van der Waals surface area contributed by atoms with Crippen LogP contribution in [0.5, 0.6) is 0 Å². The average molecular weight is 359 g/mol. The van der Waals surface area contributed by atoms with Gasteiger partial charge in [0.15, 0.2) is 11.5 Å². The van der Waals surface area contributed by atoms with E-state index in [2.05, 4.69) is 31.1 Å². The zero-order chi connectivity index (χ0) is 17.8. The van der Waals surface area contributed by atoms with Crippen molar-refractivity contribution in [2.24, 2.45) is 5.41 Å². The predicted molar refractivity (Wildman–Crippen MR) is 91.1 cm³/mol. The number of halogens is 1. The Kier molecular flexibility index (Phi) is 3.42. The summed E-state index contributed by atoms with van der Waals surface area (Å²) in [6, 6.07) is 0.503. The largest absolute Gasteiger partial charge is 0.364 e. The van der Waals surface area contributed by atoms with E-state index in [9.17, 15) is 9.18 Å². The molecule has 0 bridgehead atoms. The standard InChI is InChI=1S/C17H22FN7O/c18-17(5-6-17)15(26)21-11-1-3-16(4-2-11)9-12(10-16)20-13-14-22-23-24-25(14)8-7-19-13/h7-8,11-12H,1-6,9-10H2,(H,19,20)(H,21,26). The van der Waals surface area contributed by atoms with Crippen LogP contribution >= 0.6 is 0 Å². The average Bonchev–Trinajstić information content (AvgIpc) is 3.18. The SMILES string of the molecule is O=C(NC1CCC2(CC1)CC(Nc1nccn3nnnc13)C2)C1(F)CC1. The van der Waals surface area contributed by atoms with Gasteiger partial charge in [-0.25, -0.2) is 9.37 Å². The normalized spacial score (nSPS) is 32.2. The highest BCUT2D eigenvalue weighted by Crippen LogP contribution is 2.52. The van der Waals surface area contributed by atoms with E-state index < -0.39 is 11.6 Å². The van der Waals surface area contributed by atoms with Crippen LogP contribution in [0.1, 0.15) is 51.4 Å². The molecule has 1 spiro atoms. The summed E-state index contributed by atoms with van der Waals surface area (Å²) in [5, 5.41) is 17.9. The van der Waals surface area contributed by atoms with E-state index in [1.54, 1.807) is 16.9 Å². The van der Waals surface area contributed by atoms with Gasteiger partial charge in [0, 0.05) is 18.3 Å². The highest BCUT2D eigenvalue weighted by atomic mass is 19.1. The number of aromatic nitrogens is 5. The molecule has 0 unspecified atom stereocenters. The van der Waals surface area contributed by atoms with Crippen molar-refractivity contribution in [2.75, 3.05) is 5.32 Å². The zero-order valence-corrected chi connectivity index (χ0v) is 14.5. The van der Waals surface area contributed by atoms with Crippen LogP contribution in [-0.4, -0.2) is 48.7 Å². The second-order valence-electron chi connectivity index (χ2n) is 8.19. The van der Waals surface area contributed by atoms with Crippen LogP contribution < -0.4 is 10.6 Å². The molecule has 2 aromatic rings. The maximum absolute atomic E-state index is 13.8. The molecule has 0 atom stereocenters. The molecule has 3 fully saturated rings. The Labute approximate surface area is 149 Å². The smallest absolute Gasteiger partial charge is 0.257 e. The molecule has 0 radical (unpaired) electrons. The monoisotopic (exact) mass is 359 g/mol. The van der Waals surface area contributed by atoms with Gasteiger partial charge in [-0.2, -0.15) is 4.52 Å². The van der Waals surface area contributed by atoms with E-state index in [4.69, 9.17) is 0 Å². The van der Waals surface area contributed by atoms with Gasteiger partial charge in [0.2, 0.25) is 5.65 Å². The Bertz CT molecular complexity index is 833. The van der Waals surface area contributed by atoms with Crippen molar-refractivity contribution in [3.63, 3.8) is 0 Å². The molecule has 9 heteroatoms. The van der Waals surface area contributed by atoms with Gasteiger partial charge in [-0.15, -0.1) is 5.10 Å². The first-order chi connectivity index (χ1) is 12.6. The van der Waals surface area contributed by atoms with E-state index in [0.717, 1.165) is 44.3 Å². The molecular formula is C17H22FN7O. The molecule has 2 heterocycles. The summed E-state index contributed by atoms with van der Waals surface area (Å²) >= 11 is 0. The van der Waals surface area contributed by atoms with Crippen molar-refractivity contribution < 1.29 is 9.18 Å². The first-order valence-electron chi connectivity index (χ1n) is 9.35. The maximum Gasteiger partial charge on any atom is 0.257 e. The van der Waals surface area contributed by atoms with Gasteiger partial charge in [-0.1, -0.05) is 0 Å². The quantitative estimate of drug-likeness (QED) is 0.861. The number of carbonyl (C=O) groups excluding carboxylic acids is 1. The van der Waals surface area contributed by atoms with Crippen LogP contribution in [0.3, 0.4) is 0 Å². The molecule has 0 aromatic carbocycles. The molecule has 2 N–H and O–H groups in total. The van der Waals surface area contributed by atoms with Crippen LogP contribution in [0.25, 0.3) is 5.65 Å². The first-order valence-corrected chi connectivity index (χ1v) is 9.35. The van der Waals surface area contributed by atoms with Crippen LogP contribution in [0, 0.1) is 5.41 Å². The highest BCUT2D eigenvalue weighted by molar-refractivity contribution is 5.88. The van der Waals surface area contributed by atoms with Crippen LogP contribution in [0.4, 0.5) is 10.2 Å². The van der Waals surface area contributed by atoms with Crippen molar-refractivity contribution in [3.8, 4) is 0 Å². The van der Waals surface area contributed by atoms with Gasteiger partial charge in [0.05, 0.1) is 6.20 Å². The van der Waals surface area contributed by atoms with Gasteiger partial charge in [-0.3, -0.25) is 4.79 Å². The van der Waals surface area contributed by atoms with E-state index in [1.807, 2.05) is 0 Å². The van der Waals surface area contributed by atoms with Crippen LogP contribution in [0.2, 0.25) is 0 Å². The molecule has 26 heavy (non-hydrogen) atoms. The number of anilines is 1. The van der Waals surface area contributed by atoms with Gasteiger partial charge in [-0.05, 0) is 67.2 Å². The van der Waals surface area contributed by atoms with E-state index >= 15 is 0 Å². The number of fused-ring (bicyclic) bond motifs is 1. The lowest BCUT2D eigenvalue weighted by Gasteiger charge is -2.52. The lowest BCUT2D eigenvalue weighted by atomic mass is 9.57. The molecule has 3 aliphatic rings. The predicted octanol–water partition coefficient (Wildman–Crippen LogP) is 1.64. The van der Waals surface area contributed by atoms with Crippen molar-refractivity contribution in [1.29, 1.82) is 0 Å². The molecule has 5 rings (SSSR count). The van der Waals surface area contributed by atoms with E-state index in [-0.39, 0.29) is 6.04 Å². The van der Waals surface area contributed by atoms with Gasteiger partial charge < -0.3 is 10.6 Å². The Hall–Kier alpha value is -2.32. The lowest BCUT2D eigenvalue weighted by Crippen LogP contribution is -2.51. The Morgan fingerprint density at radius 1 is 1.19 bits per heavy atom. The van der Waals surface area contributed by atoms with E-state index in [1.165, 1.54) is 0 Å². The van der Waals surface area contributed by atoms with Crippen molar-refractivity contribution >= 4 is 17.4 Å². The summed E-state index contributed by atoms with van der Waals surface area (Å²) in [6.07, 6.45) is 10.4. The minimum atomic E-state index is -1.56. The van der Waals surface area contributed by atoms with Crippen molar-refractivity contribution in [2.45, 2.75) is 69.1 Å². The minimum absolute atomic E-state index is 0.130. The summed E-state index contributed by atoms with van der Waals surface area (Å²) < 4.78 is 15.4. The summed E-state index contributed by atoms with van der Waals surface area (Å²) in [5.41, 5.74) is -0.575. The highest BCUT2D eigenvalue weighted by Gasteiger charge is 2.52. The molecule has 1 amide bonds. The number of alkyl halides is 1. The number of rotatable bonds is 4. The summed E-state index contributed by atoms with van der Waals surface area (Å²) in [5.74, 6) is 0.323. The maximum atomic E-state index is 13.8. The summed E-state index contributed by atoms with van der Waals surface area (Å²) in [7, 11) is 0. The third kappa shape index (κ3) is 2.69. The molecule has 3 saturated carbocycles. The number of tetrazole rings is 1. The van der Waals surface area contributed by atoms with Crippen LogP contribution in [0.15, 0.2) is 12.4 Å². The van der Waals surface area contributed by atoms with Gasteiger partial charge >= 0.3 is 0 Å². The number of nitrogens with one attached hydrogen (secondary N) is 2. The molecule has 2 aromatic heterocycles. The minimum Gasteiger partial charge on any atom is -0.364 e. The number of carbonyl (C=O) groups is 1. The fourth-order valence-electron chi connectivity index (χ4n) is 4.50. The van der Waals surface area contributed by atoms with Crippen molar-refractivity contribution in [1.82, 2.24) is 30.3 Å². The van der Waals surface area contributed by atoms with E-state index in [0.29, 0.717) is 29.9 Å². The molecule has 0 aliphatic heterocycles. The number of hydrogen-bond donors (Lipinski definition) is 2. The second-order valence-corrected chi connectivity index (χ2v) is 8.19. The topological polar surface area (TPSA) is 97.1 Å². The molecule has 0 saturated heterocycles. The molecule has 138 valence electrons. The molecule has 8 nitrogen and oxygen atoms in total. The molecular weight excluding hydrogens is 337 g/mol. The van der Waals surface area contributed by atoms with Crippen molar-refractivity contribution in [3.05, 3.63) is 12.4 Å². The Morgan fingerprint density at radius 2 is 1.96 bits per heavy atom. The second kappa shape index (κ2) is 5.59. The fourth-order valence-corrected chi connectivity index (χ4v) is 4.50. The Morgan fingerprint density at radius 3 is 2.69 bits per heavy atom. The summed E-state index contributed by atoms with van der Waals surface area (Å²) in [6.45, 7) is 0. The third-order valence-electron chi connectivity index (χ3n) is 6.29. The number of nitrogens with zero attached hydrogens (tertiary/aromatic N) is 5. The summed E-state index contributed by atoms with van der Waals surface area (Å²) in [4.78, 5) is 16.2. The lowest BCUT2D eigenvalue weighted by molar-refractivity contribution is -0.128. The number of amides is 1. The third-order valence-corrected chi connectivity index (χ3v) is 6.29. The van der Waals surface area contributed by atoms with Crippen LogP contribution in [-0.2, 0) is 4.79 Å². The fraction of sp³-hybridized carbons (Fsp3) is 0.706. The first kappa shape index (κ1) is 15.9. The Balaban J connectivity index is 1.14. The van der Waals surface area contributed by atoms with Gasteiger partial charge in [0.25, 0.3) is 5.91 Å².